The van der Waals surface area contributed by atoms with Crippen molar-refractivity contribution in [1.82, 2.24) is 20.5 Å². The van der Waals surface area contributed by atoms with Gasteiger partial charge in [0.2, 0.25) is 0 Å². The van der Waals surface area contributed by atoms with Crippen LogP contribution in [0.4, 0.5) is 5.69 Å². The third-order valence-electron chi connectivity index (χ3n) is 5.26. The molecule has 0 spiro atoms. The second-order valence-electron chi connectivity index (χ2n) is 7.26. The number of anilines is 1. The number of hydrogen-bond donors (Lipinski definition) is 2. The Morgan fingerprint density at radius 3 is 2.41 bits per heavy atom. The summed E-state index contributed by atoms with van der Waals surface area (Å²) in [5.41, 5.74) is 2.43. The average molecular weight is 529 g/mol. The molecule has 0 saturated carbocycles. The molecule has 1 aliphatic rings. The van der Waals surface area contributed by atoms with Crippen molar-refractivity contribution in [2.45, 2.75) is 33.4 Å². The van der Waals surface area contributed by atoms with Gasteiger partial charge >= 0.3 is 0 Å². The van der Waals surface area contributed by atoms with E-state index in [-0.39, 0.29) is 24.0 Å². The number of guanidine groups is 1. The van der Waals surface area contributed by atoms with E-state index in [4.69, 9.17) is 0 Å². The lowest BCUT2D eigenvalue weighted by Crippen LogP contribution is -2.53. The first kappa shape index (κ1) is 23.9. The highest BCUT2D eigenvalue weighted by Gasteiger charge is 2.21. The molecule has 0 bridgehead atoms. The van der Waals surface area contributed by atoms with Gasteiger partial charge in [-0.3, -0.25) is 9.89 Å². The summed E-state index contributed by atoms with van der Waals surface area (Å²) in [5.74, 6) is 0.847. The van der Waals surface area contributed by atoms with Gasteiger partial charge in [-0.05, 0) is 32.9 Å². The Bertz CT molecular complexity index is 771. The van der Waals surface area contributed by atoms with E-state index in [1.165, 1.54) is 10.6 Å². The van der Waals surface area contributed by atoms with Crippen molar-refractivity contribution in [3.63, 3.8) is 0 Å². The van der Waals surface area contributed by atoms with E-state index in [2.05, 4.69) is 74.6 Å². The summed E-state index contributed by atoms with van der Waals surface area (Å²) >= 11 is 1.74. The van der Waals surface area contributed by atoms with Crippen LogP contribution >= 0.6 is 35.3 Å². The molecule has 0 radical (unpaired) electrons. The third kappa shape index (κ3) is 6.82. The second kappa shape index (κ2) is 11.7. The van der Waals surface area contributed by atoms with E-state index < -0.39 is 0 Å². The van der Waals surface area contributed by atoms with Gasteiger partial charge in [-0.2, -0.15) is 0 Å². The van der Waals surface area contributed by atoms with Crippen LogP contribution in [0.15, 0.2) is 35.3 Å². The number of thiazole rings is 1. The normalized spacial score (nSPS) is 16.3. The van der Waals surface area contributed by atoms with Crippen molar-refractivity contribution in [1.29, 1.82) is 0 Å². The number of benzene rings is 1. The number of aryl methyl sites for hydroxylation is 2. The highest BCUT2D eigenvalue weighted by molar-refractivity contribution is 14.0. The minimum absolute atomic E-state index is 0. The molecular formula is C21H33IN6S. The lowest BCUT2D eigenvalue weighted by molar-refractivity contribution is 0.197. The molecule has 1 fully saturated rings. The van der Waals surface area contributed by atoms with Crippen molar-refractivity contribution in [2.75, 3.05) is 44.7 Å². The number of rotatable bonds is 6. The van der Waals surface area contributed by atoms with Crippen molar-refractivity contribution in [3.05, 3.63) is 45.9 Å². The number of hydrogen-bond acceptors (Lipinski definition) is 5. The molecule has 1 saturated heterocycles. The molecular weight excluding hydrogens is 495 g/mol. The smallest absolute Gasteiger partial charge is 0.191 e. The number of halogens is 1. The fourth-order valence-corrected chi connectivity index (χ4v) is 4.43. The van der Waals surface area contributed by atoms with E-state index in [1.807, 2.05) is 14.0 Å². The molecule has 3 rings (SSSR count). The molecule has 0 aliphatic carbocycles. The zero-order chi connectivity index (χ0) is 19.9. The Balaban J connectivity index is 0.00000300. The molecule has 1 unspecified atom stereocenters. The van der Waals surface area contributed by atoms with Crippen molar-refractivity contribution < 1.29 is 0 Å². The van der Waals surface area contributed by atoms with E-state index in [9.17, 15) is 0 Å². The Morgan fingerprint density at radius 1 is 1.14 bits per heavy atom. The van der Waals surface area contributed by atoms with Crippen LogP contribution in [0, 0.1) is 13.8 Å². The molecule has 1 aliphatic heterocycles. The minimum Gasteiger partial charge on any atom is -0.369 e. The van der Waals surface area contributed by atoms with Crippen LogP contribution in [0.5, 0.6) is 0 Å². The largest absolute Gasteiger partial charge is 0.369 e. The highest BCUT2D eigenvalue weighted by atomic mass is 127. The average Bonchev–Trinajstić information content (AvgIpc) is 3.05. The SMILES string of the molecule is CN=C(NCc1sc(C)nc1C)NCC(C)N1CCN(c2ccccc2)CC1.I. The first-order valence-electron chi connectivity index (χ1n) is 9.98. The van der Waals surface area contributed by atoms with Gasteiger partial charge in [-0.1, -0.05) is 18.2 Å². The number of nitrogens with one attached hydrogen (secondary N) is 2. The summed E-state index contributed by atoms with van der Waals surface area (Å²) in [6.07, 6.45) is 0. The number of nitrogens with zero attached hydrogens (tertiary/aromatic N) is 4. The summed E-state index contributed by atoms with van der Waals surface area (Å²) in [7, 11) is 1.82. The Morgan fingerprint density at radius 2 is 1.83 bits per heavy atom. The van der Waals surface area contributed by atoms with Crippen LogP contribution in [-0.4, -0.2) is 61.7 Å². The summed E-state index contributed by atoms with van der Waals surface area (Å²) in [4.78, 5) is 15.1. The second-order valence-corrected chi connectivity index (χ2v) is 8.54. The molecule has 2 heterocycles. The van der Waals surface area contributed by atoms with Crippen LogP contribution in [-0.2, 0) is 6.54 Å². The highest BCUT2D eigenvalue weighted by Crippen LogP contribution is 2.17. The van der Waals surface area contributed by atoms with Crippen LogP contribution in [0.2, 0.25) is 0 Å². The fourth-order valence-electron chi connectivity index (χ4n) is 3.56. The summed E-state index contributed by atoms with van der Waals surface area (Å²) in [6, 6.07) is 11.2. The predicted molar refractivity (Wildman–Crippen MR) is 135 cm³/mol. The molecule has 1 aromatic carbocycles. The minimum atomic E-state index is 0. The Labute approximate surface area is 195 Å². The number of para-hydroxylation sites is 1. The van der Waals surface area contributed by atoms with E-state index in [1.54, 1.807) is 11.3 Å². The molecule has 0 amide bonds. The zero-order valence-corrected chi connectivity index (χ0v) is 21.0. The quantitative estimate of drug-likeness (QED) is 0.343. The van der Waals surface area contributed by atoms with Gasteiger partial charge in [0, 0.05) is 56.4 Å². The topological polar surface area (TPSA) is 55.8 Å². The van der Waals surface area contributed by atoms with Gasteiger partial charge in [0.05, 0.1) is 17.2 Å². The van der Waals surface area contributed by atoms with Gasteiger partial charge in [0.1, 0.15) is 0 Å². The van der Waals surface area contributed by atoms with Gasteiger partial charge < -0.3 is 15.5 Å². The summed E-state index contributed by atoms with van der Waals surface area (Å²) in [6.45, 7) is 12.4. The monoisotopic (exact) mass is 528 g/mol. The third-order valence-corrected chi connectivity index (χ3v) is 6.34. The maximum atomic E-state index is 4.49. The number of aliphatic imine (C=N–C) groups is 1. The number of aromatic nitrogens is 1. The predicted octanol–water partition coefficient (Wildman–Crippen LogP) is 3.25. The molecule has 6 nitrogen and oxygen atoms in total. The summed E-state index contributed by atoms with van der Waals surface area (Å²) in [5, 5.41) is 7.99. The van der Waals surface area contributed by atoms with E-state index >= 15 is 0 Å². The van der Waals surface area contributed by atoms with Crippen LogP contribution < -0.4 is 15.5 Å². The van der Waals surface area contributed by atoms with Crippen molar-refractivity contribution >= 4 is 47.0 Å². The molecule has 1 atom stereocenters. The van der Waals surface area contributed by atoms with Gasteiger partial charge in [-0.15, -0.1) is 35.3 Å². The number of piperazine rings is 1. The summed E-state index contributed by atoms with van der Waals surface area (Å²) < 4.78 is 0. The molecule has 160 valence electrons. The van der Waals surface area contributed by atoms with Crippen LogP contribution in [0.3, 0.4) is 0 Å². The molecule has 8 heteroatoms. The van der Waals surface area contributed by atoms with Crippen molar-refractivity contribution in [3.8, 4) is 0 Å². The van der Waals surface area contributed by atoms with E-state index in [0.29, 0.717) is 6.04 Å². The molecule has 29 heavy (non-hydrogen) atoms. The lowest BCUT2D eigenvalue weighted by Gasteiger charge is -2.39. The van der Waals surface area contributed by atoms with E-state index in [0.717, 1.165) is 55.9 Å². The fraction of sp³-hybridized carbons (Fsp3) is 0.524. The van der Waals surface area contributed by atoms with Gasteiger partial charge in [0.25, 0.3) is 0 Å². The Hall–Kier alpha value is -1.39. The van der Waals surface area contributed by atoms with Crippen LogP contribution in [0.1, 0.15) is 22.5 Å². The standard InChI is InChI=1S/C21H32N6S.HI/c1-16(26-10-12-27(13-11-26)19-8-6-5-7-9-19)14-23-21(22-4)24-15-20-17(2)25-18(3)28-20;/h5-9,16H,10-15H2,1-4H3,(H2,22,23,24);1H. The first-order valence-corrected chi connectivity index (χ1v) is 10.8. The van der Waals surface area contributed by atoms with Crippen LogP contribution in [0.25, 0.3) is 0 Å². The maximum Gasteiger partial charge on any atom is 0.191 e. The van der Waals surface area contributed by atoms with Crippen molar-refractivity contribution in [2.24, 2.45) is 4.99 Å². The van der Waals surface area contributed by atoms with Gasteiger partial charge in [0.15, 0.2) is 5.96 Å². The first-order chi connectivity index (χ1) is 13.6. The Kier molecular flexibility index (Phi) is 9.64. The lowest BCUT2D eigenvalue weighted by atomic mass is 10.2. The molecule has 2 aromatic rings. The van der Waals surface area contributed by atoms with Gasteiger partial charge in [-0.25, -0.2) is 4.98 Å². The molecule has 1 aromatic heterocycles. The molecule has 2 N–H and O–H groups in total. The zero-order valence-electron chi connectivity index (χ0n) is 17.8. The maximum absolute atomic E-state index is 4.49.